The third-order valence-electron chi connectivity index (χ3n) is 3.67. The molecule has 1 aliphatic heterocycles. The summed E-state index contributed by atoms with van der Waals surface area (Å²) in [5.74, 6) is 0.503. The van der Waals surface area contributed by atoms with Crippen LogP contribution in [-0.2, 0) is 13.1 Å². The van der Waals surface area contributed by atoms with E-state index in [9.17, 15) is 4.79 Å². The van der Waals surface area contributed by atoms with Gasteiger partial charge in [-0.2, -0.15) is 5.26 Å². The molecule has 6 nitrogen and oxygen atoms in total. The van der Waals surface area contributed by atoms with Crippen LogP contribution in [0.5, 0.6) is 0 Å². The van der Waals surface area contributed by atoms with Gasteiger partial charge in [0.15, 0.2) is 0 Å². The third kappa shape index (κ3) is 4.22. The summed E-state index contributed by atoms with van der Waals surface area (Å²) in [6.07, 6.45) is 5.38. The molecule has 6 heteroatoms. The topological polar surface area (TPSA) is 74.0 Å². The molecule has 1 aliphatic rings. The van der Waals surface area contributed by atoms with Crippen LogP contribution in [0.1, 0.15) is 32.4 Å². The first kappa shape index (κ1) is 15.4. The second kappa shape index (κ2) is 7.11. The van der Waals surface area contributed by atoms with Gasteiger partial charge in [-0.05, 0) is 18.8 Å². The SMILES string of the molecule is CC(C)Cn1cncc1CNC(=O)N1CCCC(C#N)C1. The van der Waals surface area contributed by atoms with Gasteiger partial charge in [0.2, 0.25) is 0 Å². The minimum Gasteiger partial charge on any atom is -0.333 e. The molecule has 2 heterocycles. The van der Waals surface area contributed by atoms with Crippen LogP contribution >= 0.6 is 0 Å². The zero-order valence-corrected chi connectivity index (χ0v) is 12.7. The molecular weight excluding hydrogens is 266 g/mol. The minimum absolute atomic E-state index is 0.0315. The second-order valence-electron chi connectivity index (χ2n) is 6.00. The largest absolute Gasteiger partial charge is 0.333 e. The summed E-state index contributed by atoms with van der Waals surface area (Å²) in [6.45, 7) is 6.93. The van der Waals surface area contributed by atoms with E-state index >= 15 is 0 Å². The van der Waals surface area contributed by atoms with Gasteiger partial charge >= 0.3 is 6.03 Å². The summed E-state index contributed by atoms with van der Waals surface area (Å²) in [5, 5.41) is 11.9. The van der Waals surface area contributed by atoms with E-state index in [1.807, 2.05) is 0 Å². The van der Waals surface area contributed by atoms with Crippen molar-refractivity contribution in [2.75, 3.05) is 13.1 Å². The Hall–Kier alpha value is -2.03. The molecule has 1 fully saturated rings. The number of likely N-dealkylation sites (tertiary alicyclic amines) is 1. The average Bonchev–Trinajstić information content (AvgIpc) is 2.91. The number of hydrogen-bond donors (Lipinski definition) is 1. The fourth-order valence-corrected chi connectivity index (χ4v) is 2.60. The third-order valence-corrected chi connectivity index (χ3v) is 3.67. The van der Waals surface area contributed by atoms with Crippen molar-refractivity contribution in [2.24, 2.45) is 11.8 Å². The van der Waals surface area contributed by atoms with Gasteiger partial charge in [-0.25, -0.2) is 9.78 Å². The highest BCUT2D eigenvalue weighted by Crippen LogP contribution is 2.15. The lowest BCUT2D eigenvalue weighted by Gasteiger charge is -2.29. The van der Waals surface area contributed by atoms with Crippen LogP contribution in [0.3, 0.4) is 0 Å². The van der Waals surface area contributed by atoms with E-state index in [1.165, 1.54) is 0 Å². The molecule has 2 amide bonds. The number of nitrogens with zero attached hydrogens (tertiary/aromatic N) is 4. The van der Waals surface area contributed by atoms with Gasteiger partial charge in [0.05, 0.1) is 30.6 Å². The molecule has 1 aromatic heterocycles. The highest BCUT2D eigenvalue weighted by Gasteiger charge is 2.23. The van der Waals surface area contributed by atoms with Gasteiger partial charge in [-0.3, -0.25) is 0 Å². The van der Waals surface area contributed by atoms with Crippen molar-refractivity contribution in [3.63, 3.8) is 0 Å². The van der Waals surface area contributed by atoms with Gasteiger partial charge in [-0.1, -0.05) is 13.8 Å². The number of urea groups is 1. The van der Waals surface area contributed by atoms with Crippen LogP contribution in [-0.4, -0.2) is 33.6 Å². The van der Waals surface area contributed by atoms with Crippen LogP contribution in [0.15, 0.2) is 12.5 Å². The molecule has 1 N–H and O–H groups in total. The number of hydrogen-bond acceptors (Lipinski definition) is 3. The maximum Gasteiger partial charge on any atom is 0.317 e. The summed E-state index contributed by atoms with van der Waals surface area (Å²) in [5.41, 5.74) is 1.01. The number of amides is 2. The highest BCUT2D eigenvalue weighted by molar-refractivity contribution is 5.74. The Morgan fingerprint density at radius 1 is 1.62 bits per heavy atom. The molecule has 0 spiro atoms. The molecule has 0 saturated carbocycles. The van der Waals surface area contributed by atoms with Crippen LogP contribution in [0, 0.1) is 23.2 Å². The first-order chi connectivity index (χ1) is 10.1. The molecule has 0 aliphatic carbocycles. The van der Waals surface area contributed by atoms with Crippen LogP contribution in [0.2, 0.25) is 0 Å². The Labute approximate surface area is 125 Å². The quantitative estimate of drug-likeness (QED) is 0.921. The highest BCUT2D eigenvalue weighted by atomic mass is 16.2. The Kier molecular flexibility index (Phi) is 5.20. The molecule has 0 bridgehead atoms. The van der Waals surface area contributed by atoms with E-state index in [-0.39, 0.29) is 11.9 Å². The summed E-state index contributed by atoms with van der Waals surface area (Å²) in [4.78, 5) is 18.0. The number of nitriles is 1. The molecule has 1 atom stereocenters. The van der Waals surface area contributed by atoms with Crippen molar-refractivity contribution >= 4 is 6.03 Å². The summed E-state index contributed by atoms with van der Waals surface area (Å²) < 4.78 is 2.07. The Morgan fingerprint density at radius 3 is 3.14 bits per heavy atom. The molecule has 114 valence electrons. The molecule has 1 saturated heterocycles. The smallest absolute Gasteiger partial charge is 0.317 e. The van der Waals surface area contributed by atoms with E-state index in [1.54, 1.807) is 17.4 Å². The fourth-order valence-electron chi connectivity index (χ4n) is 2.60. The number of nitrogens with one attached hydrogen (secondary N) is 1. The van der Waals surface area contributed by atoms with Crippen molar-refractivity contribution < 1.29 is 4.79 Å². The Balaban J connectivity index is 1.87. The molecule has 1 aromatic rings. The van der Waals surface area contributed by atoms with Gasteiger partial charge < -0.3 is 14.8 Å². The van der Waals surface area contributed by atoms with Crippen molar-refractivity contribution in [3.8, 4) is 6.07 Å². The number of imidazole rings is 1. The summed E-state index contributed by atoms with van der Waals surface area (Å²) in [6, 6.07) is 2.16. The maximum atomic E-state index is 12.2. The normalized spacial score (nSPS) is 18.6. The molecular formula is C15H23N5O. The zero-order chi connectivity index (χ0) is 15.2. The molecule has 1 unspecified atom stereocenters. The van der Waals surface area contributed by atoms with Gasteiger partial charge in [0.25, 0.3) is 0 Å². The standard InChI is InChI=1S/C15H23N5O/c1-12(2)9-20-11-17-7-14(20)8-18-15(21)19-5-3-4-13(6-16)10-19/h7,11-13H,3-5,8-10H2,1-2H3,(H,18,21). The van der Waals surface area contributed by atoms with E-state index in [0.717, 1.165) is 31.6 Å². The zero-order valence-electron chi connectivity index (χ0n) is 12.7. The maximum absolute atomic E-state index is 12.2. The van der Waals surface area contributed by atoms with E-state index < -0.39 is 0 Å². The number of rotatable bonds is 4. The van der Waals surface area contributed by atoms with Gasteiger partial charge in [0.1, 0.15) is 0 Å². The van der Waals surface area contributed by atoms with E-state index in [0.29, 0.717) is 19.0 Å². The fraction of sp³-hybridized carbons (Fsp3) is 0.667. The van der Waals surface area contributed by atoms with Crippen molar-refractivity contribution in [1.29, 1.82) is 5.26 Å². The molecule has 2 rings (SSSR count). The van der Waals surface area contributed by atoms with Crippen LogP contribution in [0.4, 0.5) is 4.79 Å². The van der Waals surface area contributed by atoms with Crippen molar-refractivity contribution in [1.82, 2.24) is 19.8 Å². The first-order valence-electron chi connectivity index (χ1n) is 7.51. The number of piperidine rings is 1. The number of carbonyl (C=O) groups is 1. The van der Waals surface area contributed by atoms with Crippen molar-refractivity contribution in [3.05, 3.63) is 18.2 Å². The number of carbonyl (C=O) groups excluding carboxylic acids is 1. The lowest BCUT2D eigenvalue weighted by molar-refractivity contribution is 0.176. The number of aromatic nitrogens is 2. The Morgan fingerprint density at radius 2 is 2.43 bits per heavy atom. The molecule has 0 aromatic carbocycles. The second-order valence-corrected chi connectivity index (χ2v) is 6.00. The molecule has 21 heavy (non-hydrogen) atoms. The monoisotopic (exact) mass is 289 g/mol. The predicted octanol–water partition coefficient (Wildman–Crippen LogP) is 1.98. The molecule has 0 radical (unpaired) electrons. The van der Waals surface area contributed by atoms with Gasteiger partial charge in [0, 0.05) is 25.8 Å². The van der Waals surface area contributed by atoms with Crippen LogP contribution in [0.25, 0.3) is 0 Å². The van der Waals surface area contributed by atoms with E-state index in [2.05, 4.69) is 34.8 Å². The first-order valence-corrected chi connectivity index (χ1v) is 7.51. The van der Waals surface area contributed by atoms with Crippen LogP contribution < -0.4 is 5.32 Å². The van der Waals surface area contributed by atoms with E-state index in [4.69, 9.17) is 5.26 Å². The lowest BCUT2D eigenvalue weighted by Crippen LogP contribution is -2.45. The minimum atomic E-state index is -0.0905. The summed E-state index contributed by atoms with van der Waals surface area (Å²) in [7, 11) is 0. The summed E-state index contributed by atoms with van der Waals surface area (Å²) >= 11 is 0. The average molecular weight is 289 g/mol. The lowest BCUT2D eigenvalue weighted by atomic mass is 10.0. The predicted molar refractivity (Wildman–Crippen MR) is 79.2 cm³/mol. The van der Waals surface area contributed by atoms with Crippen molar-refractivity contribution in [2.45, 2.75) is 39.8 Å². The van der Waals surface area contributed by atoms with Gasteiger partial charge in [-0.15, -0.1) is 0 Å². The Bertz CT molecular complexity index is 516.